The minimum absolute atomic E-state index is 0.365. The van der Waals surface area contributed by atoms with Gasteiger partial charge in [0.15, 0.2) is 0 Å². The molecule has 21 heavy (non-hydrogen) atoms. The summed E-state index contributed by atoms with van der Waals surface area (Å²) in [5.41, 5.74) is 10.4. The van der Waals surface area contributed by atoms with E-state index < -0.39 is 0 Å². The van der Waals surface area contributed by atoms with Gasteiger partial charge in [-0.05, 0) is 43.5 Å². The molecule has 0 aromatic heterocycles. The monoisotopic (exact) mass is 287 g/mol. The van der Waals surface area contributed by atoms with E-state index in [1.807, 2.05) is 0 Å². The quantitative estimate of drug-likeness (QED) is 0.924. The van der Waals surface area contributed by atoms with Crippen LogP contribution < -0.4 is 10.6 Å². The Bertz CT molecular complexity index is 479. The third-order valence-electron chi connectivity index (χ3n) is 5.48. The summed E-state index contributed by atoms with van der Waals surface area (Å²) in [6.45, 7) is 1.85. The van der Waals surface area contributed by atoms with E-state index in [1.54, 1.807) is 0 Å². The lowest BCUT2D eigenvalue weighted by Gasteiger charge is -2.37. The zero-order chi connectivity index (χ0) is 14.8. The lowest BCUT2D eigenvalue weighted by Crippen LogP contribution is -2.39. The molecule has 2 aliphatic rings. The molecule has 3 nitrogen and oxygen atoms in total. The standard InChI is InChI=1S/C18H29N3/c1-20-11-10-15-12-14(8-9-17(15)20)18(13-19)21(2)16-6-4-3-5-7-16/h8-9,12,16,18H,3-7,10-11,13,19H2,1-2H3. The molecule has 1 atom stereocenters. The van der Waals surface area contributed by atoms with E-state index in [2.05, 4.69) is 42.1 Å². The second-order valence-corrected chi connectivity index (χ2v) is 6.77. The number of fused-ring (bicyclic) bond motifs is 1. The van der Waals surface area contributed by atoms with Gasteiger partial charge in [-0.25, -0.2) is 0 Å². The van der Waals surface area contributed by atoms with Crippen molar-refractivity contribution in [3.8, 4) is 0 Å². The lowest BCUT2D eigenvalue weighted by atomic mass is 9.92. The molecule has 1 unspecified atom stereocenters. The van der Waals surface area contributed by atoms with Crippen molar-refractivity contribution in [2.75, 3.05) is 32.1 Å². The molecule has 0 bridgehead atoms. The molecule has 1 aliphatic carbocycles. The van der Waals surface area contributed by atoms with Gasteiger partial charge in [0.05, 0.1) is 0 Å². The molecule has 0 amide bonds. The van der Waals surface area contributed by atoms with E-state index in [-0.39, 0.29) is 0 Å². The lowest BCUT2D eigenvalue weighted by molar-refractivity contribution is 0.140. The highest BCUT2D eigenvalue weighted by molar-refractivity contribution is 5.58. The number of anilines is 1. The molecule has 0 spiro atoms. The highest BCUT2D eigenvalue weighted by Gasteiger charge is 2.26. The Morgan fingerprint density at radius 2 is 2.05 bits per heavy atom. The van der Waals surface area contributed by atoms with E-state index in [1.165, 1.54) is 55.3 Å². The maximum Gasteiger partial charge on any atom is 0.0470 e. The SMILES string of the molecule is CN1CCc2cc(C(CN)N(C)C3CCCCC3)ccc21. The number of nitrogens with two attached hydrogens (primary N) is 1. The molecule has 1 aliphatic heterocycles. The molecule has 0 radical (unpaired) electrons. The normalized spacial score (nSPS) is 20.9. The Kier molecular flexibility index (Phi) is 4.51. The summed E-state index contributed by atoms with van der Waals surface area (Å²) in [5, 5.41) is 0. The highest BCUT2D eigenvalue weighted by atomic mass is 15.2. The van der Waals surface area contributed by atoms with E-state index in [4.69, 9.17) is 5.73 Å². The largest absolute Gasteiger partial charge is 0.374 e. The molecule has 3 heteroatoms. The molecule has 2 N–H and O–H groups in total. The zero-order valence-electron chi connectivity index (χ0n) is 13.5. The number of hydrogen-bond donors (Lipinski definition) is 1. The van der Waals surface area contributed by atoms with Crippen LogP contribution in [0.25, 0.3) is 0 Å². The molecular formula is C18H29N3. The predicted molar refractivity (Wildman–Crippen MR) is 89.8 cm³/mol. The average molecular weight is 287 g/mol. The highest BCUT2D eigenvalue weighted by Crippen LogP contribution is 2.33. The minimum atomic E-state index is 0.365. The summed E-state index contributed by atoms with van der Waals surface area (Å²) in [7, 11) is 4.45. The van der Waals surface area contributed by atoms with E-state index in [0.29, 0.717) is 18.6 Å². The van der Waals surface area contributed by atoms with Crippen molar-refractivity contribution >= 4 is 5.69 Å². The van der Waals surface area contributed by atoms with Crippen molar-refractivity contribution in [2.45, 2.75) is 50.6 Å². The van der Waals surface area contributed by atoms with Crippen LogP contribution in [0.5, 0.6) is 0 Å². The predicted octanol–water partition coefficient (Wildman–Crippen LogP) is 2.94. The molecular weight excluding hydrogens is 258 g/mol. The summed E-state index contributed by atoms with van der Waals surface area (Å²) in [5.74, 6) is 0. The third-order valence-corrected chi connectivity index (χ3v) is 5.48. The summed E-state index contributed by atoms with van der Waals surface area (Å²) in [4.78, 5) is 4.89. The Morgan fingerprint density at radius 3 is 2.76 bits per heavy atom. The first-order valence-corrected chi connectivity index (χ1v) is 8.46. The van der Waals surface area contributed by atoms with Gasteiger partial charge in [0.1, 0.15) is 0 Å². The fourth-order valence-corrected chi connectivity index (χ4v) is 4.07. The first kappa shape index (κ1) is 14.9. The van der Waals surface area contributed by atoms with Crippen LogP contribution in [0.3, 0.4) is 0 Å². The summed E-state index contributed by atoms with van der Waals surface area (Å²) in [6.07, 6.45) is 8.00. The van der Waals surface area contributed by atoms with Crippen LogP contribution in [0.4, 0.5) is 5.69 Å². The van der Waals surface area contributed by atoms with Gasteiger partial charge < -0.3 is 10.6 Å². The van der Waals surface area contributed by atoms with Crippen LogP contribution in [0.15, 0.2) is 18.2 Å². The maximum absolute atomic E-state index is 6.13. The summed E-state index contributed by atoms with van der Waals surface area (Å²) in [6, 6.07) is 8.05. The second-order valence-electron chi connectivity index (χ2n) is 6.77. The Labute approximate surface area is 129 Å². The van der Waals surface area contributed by atoms with Crippen molar-refractivity contribution in [1.82, 2.24) is 4.90 Å². The van der Waals surface area contributed by atoms with Crippen molar-refractivity contribution in [2.24, 2.45) is 5.73 Å². The second kappa shape index (κ2) is 6.37. The number of nitrogens with zero attached hydrogens (tertiary/aromatic N) is 2. The van der Waals surface area contributed by atoms with Crippen LogP contribution in [-0.2, 0) is 6.42 Å². The van der Waals surface area contributed by atoms with Gasteiger partial charge in [-0.3, -0.25) is 4.90 Å². The van der Waals surface area contributed by atoms with Gasteiger partial charge in [0.2, 0.25) is 0 Å². The maximum atomic E-state index is 6.13. The van der Waals surface area contributed by atoms with Crippen LogP contribution in [0.1, 0.15) is 49.3 Å². The van der Waals surface area contributed by atoms with Crippen LogP contribution in [0, 0.1) is 0 Å². The van der Waals surface area contributed by atoms with Crippen molar-refractivity contribution in [3.05, 3.63) is 29.3 Å². The Balaban J connectivity index is 1.79. The number of benzene rings is 1. The van der Waals surface area contributed by atoms with E-state index >= 15 is 0 Å². The Hall–Kier alpha value is -1.06. The van der Waals surface area contributed by atoms with Gasteiger partial charge in [0.25, 0.3) is 0 Å². The van der Waals surface area contributed by atoms with E-state index in [9.17, 15) is 0 Å². The van der Waals surface area contributed by atoms with Gasteiger partial charge in [-0.15, -0.1) is 0 Å². The van der Waals surface area contributed by atoms with Gasteiger partial charge >= 0.3 is 0 Å². The Morgan fingerprint density at radius 1 is 1.29 bits per heavy atom. The summed E-state index contributed by atoms with van der Waals surface area (Å²) < 4.78 is 0. The van der Waals surface area contributed by atoms with Gasteiger partial charge in [-0.2, -0.15) is 0 Å². The molecule has 1 heterocycles. The number of hydrogen-bond acceptors (Lipinski definition) is 3. The smallest absolute Gasteiger partial charge is 0.0470 e. The molecule has 3 rings (SSSR count). The molecule has 116 valence electrons. The average Bonchev–Trinajstić information content (AvgIpc) is 2.90. The van der Waals surface area contributed by atoms with Crippen molar-refractivity contribution in [1.29, 1.82) is 0 Å². The van der Waals surface area contributed by atoms with E-state index in [0.717, 1.165) is 6.54 Å². The fraction of sp³-hybridized carbons (Fsp3) is 0.667. The van der Waals surface area contributed by atoms with Crippen LogP contribution >= 0.6 is 0 Å². The summed E-state index contributed by atoms with van der Waals surface area (Å²) >= 11 is 0. The topological polar surface area (TPSA) is 32.5 Å². The van der Waals surface area contributed by atoms with Crippen LogP contribution in [-0.4, -0.2) is 38.1 Å². The first-order chi connectivity index (χ1) is 10.2. The molecule has 1 aromatic carbocycles. The van der Waals surface area contributed by atoms with Crippen molar-refractivity contribution < 1.29 is 0 Å². The molecule has 1 fully saturated rings. The van der Waals surface area contributed by atoms with Crippen molar-refractivity contribution in [3.63, 3.8) is 0 Å². The fourth-order valence-electron chi connectivity index (χ4n) is 4.07. The number of likely N-dealkylation sites (N-methyl/N-ethyl adjacent to an activating group) is 2. The first-order valence-electron chi connectivity index (χ1n) is 8.46. The van der Waals surface area contributed by atoms with Crippen LogP contribution in [0.2, 0.25) is 0 Å². The minimum Gasteiger partial charge on any atom is -0.374 e. The van der Waals surface area contributed by atoms with Gasteiger partial charge in [-0.1, -0.05) is 31.4 Å². The third kappa shape index (κ3) is 2.95. The molecule has 1 aromatic rings. The molecule has 1 saturated carbocycles. The molecule has 0 saturated heterocycles. The number of rotatable bonds is 4. The van der Waals surface area contributed by atoms with Gasteiger partial charge in [0, 0.05) is 37.9 Å². The zero-order valence-corrected chi connectivity index (χ0v) is 13.5.